The summed E-state index contributed by atoms with van der Waals surface area (Å²) in [6.07, 6.45) is 3.04. The van der Waals surface area contributed by atoms with Crippen molar-refractivity contribution in [3.63, 3.8) is 0 Å². The zero-order valence-electron chi connectivity index (χ0n) is 23.1. The van der Waals surface area contributed by atoms with E-state index in [0.717, 1.165) is 46.4 Å². The summed E-state index contributed by atoms with van der Waals surface area (Å²) in [6, 6.07) is 24.4. The van der Waals surface area contributed by atoms with Crippen molar-refractivity contribution in [2.24, 2.45) is 5.92 Å². The van der Waals surface area contributed by atoms with Gasteiger partial charge in [-0.15, -0.1) is 11.3 Å². The Balaban J connectivity index is 1.36. The fraction of sp³-hybridized carbons (Fsp3) is 0.265. The minimum atomic E-state index is -1.03. The van der Waals surface area contributed by atoms with Crippen LogP contribution in [0.2, 0.25) is 0 Å². The van der Waals surface area contributed by atoms with E-state index in [2.05, 4.69) is 12.2 Å². The number of hydrogen-bond donors (Lipinski definition) is 1. The zero-order valence-corrected chi connectivity index (χ0v) is 23.9. The highest BCUT2D eigenvalue weighted by molar-refractivity contribution is 7.17. The van der Waals surface area contributed by atoms with Gasteiger partial charge in [0.1, 0.15) is 5.00 Å². The van der Waals surface area contributed by atoms with Gasteiger partial charge in [-0.3, -0.25) is 4.79 Å². The van der Waals surface area contributed by atoms with E-state index < -0.39 is 17.5 Å². The molecule has 3 aromatic carbocycles. The predicted molar refractivity (Wildman–Crippen MR) is 159 cm³/mol. The lowest BCUT2D eigenvalue weighted by atomic mass is 9.78. The van der Waals surface area contributed by atoms with E-state index in [9.17, 15) is 14.4 Å². The molecule has 6 rings (SSSR count). The number of hydrogen-bond acceptors (Lipinski definition) is 6. The van der Waals surface area contributed by atoms with Crippen LogP contribution >= 0.6 is 11.3 Å². The van der Waals surface area contributed by atoms with Crippen molar-refractivity contribution < 1.29 is 23.9 Å². The number of thiophene rings is 1. The van der Waals surface area contributed by atoms with Gasteiger partial charge >= 0.3 is 11.9 Å². The van der Waals surface area contributed by atoms with Crippen LogP contribution in [0.1, 0.15) is 78.5 Å². The normalized spacial score (nSPS) is 17.1. The summed E-state index contributed by atoms with van der Waals surface area (Å²) >= 11 is 1.46. The Hall–Kier alpha value is -4.23. The molecular weight excluding hydrogens is 534 g/mol. The number of cyclic esters (lactones) is 1. The summed E-state index contributed by atoms with van der Waals surface area (Å²) in [5.74, 6) is -0.655. The lowest BCUT2D eigenvalue weighted by Gasteiger charge is -2.38. The minimum absolute atomic E-state index is 0.263. The highest BCUT2D eigenvalue weighted by Crippen LogP contribution is 2.43. The first-order valence-electron chi connectivity index (χ1n) is 14.0. The van der Waals surface area contributed by atoms with Crippen LogP contribution in [-0.2, 0) is 34.3 Å². The smallest absolute Gasteiger partial charge is 0.341 e. The first-order valence-corrected chi connectivity index (χ1v) is 14.8. The summed E-state index contributed by atoms with van der Waals surface area (Å²) in [4.78, 5) is 41.1. The number of nitrogens with one attached hydrogen (secondary N) is 1. The molecule has 0 unspecified atom stereocenters. The highest BCUT2D eigenvalue weighted by atomic mass is 32.1. The van der Waals surface area contributed by atoms with Crippen molar-refractivity contribution >= 4 is 34.2 Å². The van der Waals surface area contributed by atoms with Gasteiger partial charge in [0.15, 0.2) is 5.60 Å². The molecule has 0 fully saturated rings. The Morgan fingerprint density at radius 1 is 1.02 bits per heavy atom. The molecule has 1 aliphatic heterocycles. The molecule has 6 nitrogen and oxygen atoms in total. The largest absolute Gasteiger partial charge is 0.462 e. The molecule has 1 aromatic heterocycles. The monoisotopic (exact) mass is 565 g/mol. The van der Waals surface area contributed by atoms with Crippen LogP contribution in [0.25, 0.3) is 0 Å². The molecule has 0 radical (unpaired) electrons. The molecule has 7 heteroatoms. The van der Waals surface area contributed by atoms with Crippen LogP contribution in [0, 0.1) is 5.92 Å². The van der Waals surface area contributed by atoms with Crippen LogP contribution in [0.5, 0.6) is 0 Å². The summed E-state index contributed by atoms with van der Waals surface area (Å²) in [5, 5.41) is 3.52. The molecule has 1 N–H and O–H groups in total. The third kappa shape index (κ3) is 4.95. The maximum Gasteiger partial charge on any atom is 0.341 e. The number of anilines is 1. The van der Waals surface area contributed by atoms with E-state index in [0.29, 0.717) is 34.0 Å². The SMILES string of the molecule is CCOC(=O)c1c(NC(=O)c2ccc3c(c2)CC(c2ccccc2)(c2ccccc2)OC3=O)sc2c1CC[C@H](C)C2. The second-order valence-electron chi connectivity index (χ2n) is 10.7. The topological polar surface area (TPSA) is 81.7 Å². The van der Waals surface area contributed by atoms with E-state index in [-0.39, 0.29) is 12.5 Å². The third-order valence-corrected chi connectivity index (χ3v) is 9.16. The van der Waals surface area contributed by atoms with Gasteiger partial charge in [-0.2, -0.15) is 0 Å². The van der Waals surface area contributed by atoms with Gasteiger partial charge in [0, 0.05) is 28.0 Å². The summed E-state index contributed by atoms with van der Waals surface area (Å²) < 4.78 is 11.6. The molecule has 0 bridgehead atoms. The number of carbonyl (C=O) groups excluding carboxylic acids is 3. The van der Waals surface area contributed by atoms with Crippen molar-refractivity contribution in [3.05, 3.63) is 123 Å². The zero-order chi connectivity index (χ0) is 28.6. The maximum absolute atomic E-state index is 13.6. The number of fused-ring (bicyclic) bond motifs is 2. The minimum Gasteiger partial charge on any atom is -0.462 e. The summed E-state index contributed by atoms with van der Waals surface area (Å²) in [5.41, 5.74) is 3.73. The van der Waals surface area contributed by atoms with Gasteiger partial charge in [-0.05, 0) is 61.4 Å². The van der Waals surface area contributed by atoms with Gasteiger partial charge in [0.05, 0.1) is 17.7 Å². The highest BCUT2D eigenvalue weighted by Gasteiger charge is 2.43. The number of rotatable bonds is 6. The van der Waals surface area contributed by atoms with E-state index in [1.807, 2.05) is 60.7 Å². The van der Waals surface area contributed by atoms with Gasteiger partial charge in [-0.1, -0.05) is 67.6 Å². The molecule has 208 valence electrons. The van der Waals surface area contributed by atoms with Gasteiger partial charge < -0.3 is 14.8 Å². The molecule has 1 atom stereocenters. The summed E-state index contributed by atoms with van der Waals surface area (Å²) in [6.45, 7) is 4.24. The third-order valence-electron chi connectivity index (χ3n) is 7.99. The molecule has 0 saturated carbocycles. The van der Waals surface area contributed by atoms with Crippen molar-refractivity contribution in [1.29, 1.82) is 0 Å². The predicted octanol–water partition coefficient (Wildman–Crippen LogP) is 6.96. The first-order chi connectivity index (χ1) is 19.9. The standard InChI is InChI=1S/C34H31NO5S/c1-3-39-33(38)29-27-16-14-21(2)18-28(27)41-31(29)35-30(36)22-15-17-26-23(19-22)20-34(40-32(26)37,24-10-6-4-7-11-24)25-12-8-5-9-13-25/h4-13,15,17,19,21H,3,14,16,18,20H2,1-2H3,(H,35,36)/t21-/m0/s1. The molecule has 2 aliphatic rings. The van der Waals surface area contributed by atoms with Gasteiger partial charge in [0.25, 0.3) is 5.91 Å². The second-order valence-corrected chi connectivity index (χ2v) is 11.8. The van der Waals surface area contributed by atoms with Crippen molar-refractivity contribution in [2.45, 2.75) is 45.1 Å². The van der Waals surface area contributed by atoms with Gasteiger partial charge in [-0.25, -0.2) is 9.59 Å². The lowest BCUT2D eigenvalue weighted by molar-refractivity contribution is -0.00754. The molecule has 2 heterocycles. The van der Waals surface area contributed by atoms with Crippen LogP contribution < -0.4 is 5.32 Å². The molecule has 41 heavy (non-hydrogen) atoms. The average Bonchev–Trinajstić information content (AvgIpc) is 3.34. The van der Waals surface area contributed by atoms with E-state index in [1.165, 1.54) is 11.3 Å². The first kappa shape index (κ1) is 27.0. The maximum atomic E-state index is 13.6. The Morgan fingerprint density at radius 2 is 1.71 bits per heavy atom. The summed E-state index contributed by atoms with van der Waals surface area (Å²) in [7, 11) is 0. The van der Waals surface area contributed by atoms with Crippen molar-refractivity contribution in [3.8, 4) is 0 Å². The Labute approximate surface area is 243 Å². The number of amides is 1. The quantitative estimate of drug-likeness (QED) is 0.256. The van der Waals surface area contributed by atoms with Crippen molar-refractivity contribution in [1.82, 2.24) is 0 Å². The molecule has 1 aliphatic carbocycles. The Bertz CT molecular complexity index is 1590. The number of carbonyl (C=O) groups is 3. The molecule has 1 amide bonds. The van der Waals surface area contributed by atoms with Gasteiger partial charge in [0.2, 0.25) is 0 Å². The average molecular weight is 566 g/mol. The Kier molecular flexibility index (Phi) is 7.22. The van der Waals surface area contributed by atoms with E-state index in [1.54, 1.807) is 25.1 Å². The van der Waals surface area contributed by atoms with E-state index in [4.69, 9.17) is 9.47 Å². The second kappa shape index (κ2) is 11.0. The fourth-order valence-corrected chi connectivity index (χ4v) is 7.33. The van der Waals surface area contributed by atoms with Crippen LogP contribution in [0.15, 0.2) is 78.9 Å². The number of esters is 2. The fourth-order valence-electron chi connectivity index (χ4n) is 5.93. The Morgan fingerprint density at radius 3 is 2.37 bits per heavy atom. The molecular formula is C34H31NO5S. The molecule has 0 spiro atoms. The van der Waals surface area contributed by atoms with Crippen LogP contribution in [0.4, 0.5) is 5.00 Å². The molecule has 4 aromatic rings. The van der Waals surface area contributed by atoms with Crippen LogP contribution in [0.3, 0.4) is 0 Å². The number of ether oxygens (including phenoxy) is 2. The van der Waals surface area contributed by atoms with E-state index >= 15 is 0 Å². The lowest BCUT2D eigenvalue weighted by Crippen LogP contribution is -2.40. The number of benzene rings is 3. The van der Waals surface area contributed by atoms with Crippen molar-refractivity contribution in [2.75, 3.05) is 11.9 Å². The molecule has 0 saturated heterocycles. The van der Waals surface area contributed by atoms with Crippen LogP contribution in [-0.4, -0.2) is 24.5 Å².